The molecule has 2 rings (SSSR count). The summed E-state index contributed by atoms with van der Waals surface area (Å²) in [6.45, 7) is 17.4. The second-order valence-electron chi connectivity index (χ2n) is 8.58. The molecule has 8 heteroatoms. The molecule has 0 bridgehead atoms. The van der Waals surface area contributed by atoms with E-state index in [0.717, 1.165) is 4.78 Å². The van der Waals surface area contributed by atoms with E-state index in [-0.39, 0.29) is 6.04 Å². The van der Waals surface area contributed by atoms with E-state index in [2.05, 4.69) is 4.98 Å². The number of rotatable bonds is 3. The topological polar surface area (TPSA) is 60.9 Å². The number of carbonyl (C=O) groups excluding carboxylic acids is 1. The van der Waals surface area contributed by atoms with Crippen LogP contribution in [0.15, 0.2) is 6.20 Å². The minimum Gasteiger partial charge on any atom is -0.443 e. The Bertz CT molecular complexity index is 621. The highest BCUT2D eigenvalue weighted by Gasteiger charge is 2.52. The molecular formula is C17H29BN2O4S. The van der Waals surface area contributed by atoms with Crippen LogP contribution in [0.4, 0.5) is 9.93 Å². The van der Waals surface area contributed by atoms with Crippen molar-refractivity contribution < 1.29 is 18.8 Å². The van der Waals surface area contributed by atoms with Crippen molar-refractivity contribution in [1.82, 2.24) is 4.98 Å². The molecule has 0 atom stereocenters. The first-order valence-electron chi connectivity index (χ1n) is 8.57. The maximum Gasteiger partial charge on any atom is 0.507 e. The lowest BCUT2D eigenvalue weighted by Crippen LogP contribution is -2.41. The summed E-state index contributed by atoms with van der Waals surface area (Å²) in [6, 6.07) is -0.0767. The minimum absolute atomic E-state index is 0.0767. The molecule has 25 heavy (non-hydrogen) atoms. The summed E-state index contributed by atoms with van der Waals surface area (Å²) >= 11 is 1.39. The van der Waals surface area contributed by atoms with Crippen LogP contribution in [0.2, 0.25) is 0 Å². The summed E-state index contributed by atoms with van der Waals surface area (Å²) in [5, 5.41) is 0.578. The molecule has 1 fully saturated rings. The standard InChI is InChI=1S/C17H29BN2O4S/c1-11(2)20(14(21)22-15(3,4)5)13-19-10-12(25-13)18-23-16(6,7)17(8,9)24-18/h10-11H,1-9H3. The molecule has 2 heterocycles. The van der Waals surface area contributed by atoms with E-state index in [4.69, 9.17) is 14.0 Å². The number of amides is 1. The molecule has 0 unspecified atom stereocenters. The largest absolute Gasteiger partial charge is 0.507 e. The van der Waals surface area contributed by atoms with Gasteiger partial charge in [-0.25, -0.2) is 9.78 Å². The number of ether oxygens (including phenoxy) is 1. The Morgan fingerprint density at radius 3 is 2.20 bits per heavy atom. The summed E-state index contributed by atoms with van der Waals surface area (Å²) in [5.74, 6) is 0. The number of thiazole rings is 1. The minimum atomic E-state index is -0.559. The molecule has 1 aliphatic heterocycles. The number of nitrogens with zero attached hydrogens (tertiary/aromatic N) is 2. The van der Waals surface area contributed by atoms with Gasteiger partial charge in [0.2, 0.25) is 0 Å². The third kappa shape index (κ3) is 4.35. The zero-order valence-corrected chi connectivity index (χ0v) is 17.5. The van der Waals surface area contributed by atoms with E-state index in [1.807, 2.05) is 62.3 Å². The first-order chi connectivity index (χ1) is 11.2. The van der Waals surface area contributed by atoms with Gasteiger partial charge in [-0.1, -0.05) is 0 Å². The van der Waals surface area contributed by atoms with Crippen LogP contribution in [0.3, 0.4) is 0 Å². The molecular weight excluding hydrogens is 339 g/mol. The van der Waals surface area contributed by atoms with E-state index < -0.39 is 30.0 Å². The van der Waals surface area contributed by atoms with Gasteiger partial charge in [-0.2, -0.15) is 0 Å². The summed E-state index contributed by atoms with van der Waals surface area (Å²) in [5.41, 5.74) is -1.38. The third-order valence-corrected chi connectivity index (χ3v) is 5.33. The van der Waals surface area contributed by atoms with Gasteiger partial charge >= 0.3 is 13.2 Å². The molecule has 0 aliphatic carbocycles. The number of aromatic nitrogens is 1. The van der Waals surface area contributed by atoms with Gasteiger partial charge in [-0.05, 0) is 62.3 Å². The van der Waals surface area contributed by atoms with Crippen LogP contribution in [-0.4, -0.2) is 41.0 Å². The van der Waals surface area contributed by atoms with Crippen LogP contribution in [0.5, 0.6) is 0 Å². The van der Waals surface area contributed by atoms with E-state index in [1.165, 1.54) is 11.3 Å². The van der Waals surface area contributed by atoms with Gasteiger partial charge in [0.05, 0.1) is 16.0 Å². The Morgan fingerprint density at radius 2 is 1.76 bits per heavy atom. The SMILES string of the molecule is CC(C)N(C(=O)OC(C)(C)C)c1ncc(B2OC(C)(C)C(C)(C)O2)s1. The highest BCUT2D eigenvalue weighted by atomic mass is 32.1. The van der Waals surface area contributed by atoms with Gasteiger partial charge in [0.15, 0.2) is 5.13 Å². The summed E-state index contributed by atoms with van der Waals surface area (Å²) in [7, 11) is -0.483. The van der Waals surface area contributed by atoms with Gasteiger partial charge < -0.3 is 14.0 Å². The number of hydrogen-bond donors (Lipinski definition) is 0. The van der Waals surface area contributed by atoms with Crippen molar-refractivity contribution in [2.75, 3.05) is 4.90 Å². The van der Waals surface area contributed by atoms with Gasteiger partial charge in [0, 0.05) is 12.2 Å². The van der Waals surface area contributed by atoms with Crippen molar-refractivity contribution in [2.24, 2.45) is 0 Å². The van der Waals surface area contributed by atoms with Gasteiger partial charge in [0.25, 0.3) is 0 Å². The highest BCUT2D eigenvalue weighted by molar-refractivity contribution is 7.25. The molecule has 0 aromatic carbocycles. The molecule has 1 amide bonds. The summed E-state index contributed by atoms with van der Waals surface area (Å²) < 4.78 is 18.5. The summed E-state index contributed by atoms with van der Waals surface area (Å²) in [4.78, 5) is 18.5. The molecule has 1 saturated heterocycles. The van der Waals surface area contributed by atoms with E-state index in [9.17, 15) is 4.79 Å². The van der Waals surface area contributed by atoms with Crippen molar-refractivity contribution in [3.8, 4) is 0 Å². The molecule has 6 nitrogen and oxygen atoms in total. The summed E-state index contributed by atoms with van der Waals surface area (Å²) in [6.07, 6.45) is 1.30. The Labute approximate surface area is 155 Å². The van der Waals surface area contributed by atoms with E-state index >= 15 is 0 Å². The smallest absolute Gasteiger partial charge is 0.443 e. The maximum absolute atomic E-state index is 12.5. The molecule has 0 radical (unpaired) electrons. The van der Waals surface area contributed by atoms with Crippen molar-refractivity contribution in [3.63, 3.8) is 0 Å². The lowest BCUT2D eigenvalue weighted by Gasteiger charge is -2.32. The Balaban J connectivity index is 2.23. The van der Waals surface area contributed by atoms with Crippen LogP contribution in [-0.2, 0) is 14.0 Å². The van der Waals surface area contributed by atoms with Crippen LogP contribution in [0, 0.1) is 0 Å². The highest BCUT2D eigenvalue weighted by Crippen LogP contribution is 2.37. The van der Waals surface area contributed by atoms with Gasteiger partial charge in [-0.3, -0.25) is 4.90 Å². The second kappa shape index (κ2) is 6.56. The number of anilines is 1. The Kier molecular flexibility index (Phi) is 5.30. The zero-order chi connectivity index (χ0) is 19.2. The molecule has 1 aromatic rings. The molecule has 1 aliphatic rings. The fraction of sp³-hybridized carbons (Fsp3) is 0.765. The van der Waals surface area contributed by atoms with E-state index in [0.29, 0.717) is 5.13 Å². The fourth-order valence-corrected chi connectivity index (χ4v) is 3.28. The van der Waals surface area contributed by atoms with Crippen molar-refractivity contribution in [3.05, 3.63) is 6.20 Å². The first-order valence-corrected chi connectivity index (χ1v) is 9.39. The number of carbonyl (C=O) groups is 1. The van der Waals surface area contributed by atoms with E-state index in [1.54, 1.807) is 11.1 Å². The zero-order valence-electron chi connectivity index (χ0n) is 16.7. The quantitative estimate of drug-likeness (QED) is 0.763. The normalized spacial score (nSPS) is 19.4. The molecule has 0 spiro atoms. The van der Waals surface area contributed by atoms with Crippen molar-refractivity contribution >= 4 is 34.5 Å². The van der Waals surface area contributed by atoms with Crippen LogP contribution in [0.1, 0.15) is 62.3 Å². The maximum atomic E-state index is 12.5. The Hall–Kier alpha value is -1.12. The predicted octanol–water partition coefficient (Wildman–Crippen LogP) is 3.59. The second-order valence-corrected chi connectivity index (χ2v) is 9.62. The van der Waals surface area contributed by atoms with Gasteiger partial charge in [-0.15, -0.1) is 11.3 Å². The average Bonchev–Trinajstić information content (AvgIpc) is 2.90. The van der Waals surface area contributed by atoms with Crippen molar-refractivity contribution in [1.29, 1.82) is 0 Å². The molecule has 0 saturated carbocycles. The fourth-order valence-electron chi connectivity index (χ4n) is 2.28. The predicted molar refractivity (Wildman–Crippen MR) is 102 cm³/mol. The van der Waals surface area contributed by atoms with Crippen LogP contribution in [0.25, 0.3) is 0 Å². The molecule has 140 valence electrons. The van der Waals surface area contributed by atoms with Crippen molar-refractivity contribution in [2.45, 2.75) is 85.2 Å². The molecule has 1 aromatic heterocycles. The monoisotopic (exact) mass is 368 g/mol. The lowest BCUT2D eigenvalue weighted by molar-refractivity contribution is 0.00578. The first kappa shape index (κ1) is 20.2. The van der Waals surface area contributed by atoms with Crippen LogP contribution < -0.4 is 9.68 Å². The Morgan fingerprint density at radius 1 is 1.24 bits per heavy atom. The molecule has 0 N–H and O–H groups in total. The lowest BCUT2D eigenvalue weighted by atomic mass is 9.89. The number of hydrogen-bond acceptors (Lipinski definition) is 6. The van der Waals surface area contributed by atoms with Crippen LogP contribution >= 0.6 is 11.3 Å². The average molecular weight is 368 g/mol. The van der Waals surface area contributed by atoms with Gasteiger partial charge in [0.1, 0.15) is 5.60 Å². The third-order valence-electron chi connectivity index (χ3n) is 4.31.